The molecule has 0 saturated carbocycles. The van der Waals surface area contributed by atoms with E-state index in [4.69, 9.17) is 4.74 Å². The van der Waals surface area contributed by atoms with Crippen molar-refractivity contribution in [3.63, 3.8) is 0 Å². The number of carbonyl (C=O) groups is 1. The van der Waals surface area contributed by atoms with Crippen LogP contribution in [0.1, 0.15) is 31.0 Å². The highest BCUT2D eigenvalue weighted by Crippen LogP contribution is 2.29. The minimum atomic E-state index is -0.136. The van der Waals surface area contributed by atoms with Crippen molar-refractivity contribution in [1.82, 2.24) is 15.1 Å². The average molecular weight is 313 g/mol. The summed E-state index contributed by atoms with van der Waals surface area (Å²) in [4.78, 5) is 13.8. The summed E-state index contributed by atoms with van der Waals surface area (Å²) in [7, 11) is 1.44. The Morgan fingerprint density at radius 1 is 1.39 bits per heavy atom. The third-order valence-electron chi connectivity index (χ3n) is 4.63. The molecule has 5 nitrogen and oxygen atoms in total. The zero-order valence-electron chi connectivity index (χ0n) is 13.7. The molecule has 1 unspecified atom stereocenters. The van der Waals surface area contributed by atoms with Gasteiger partial charge in [0.15, 0.2) is 0 Å². The smallest absolute Gasteiger partial charge is 0.305 e. The fraction of sp³-hybridized carbons (Fsp3) is 0.444. The predicted molar refractivity (Wildman–Crippen MR) is 88.8 cm³/mol. The number of ether oxygens (including phenoxy) is 1. The van der Waals surface area contributed by atoms with E-state index < -0.39 is 0 Å². The van der Waals surface area contributed by atoms with Gasteiger partial charge in [0.05, 0.1) is 12.8 Å². The Morgan fingerprint density at radius 3 is 2.91 bits per heavy atom. The molecule has 2 heterocycles. The molecule has 0 spiro atoms. The number of carbonyl (C=O) groups excluding carboxylic acids is 1. The van der Waals surface area contributed by atoms with Crippen LogP contribution < -0.4 is 0 Å². The molecule has 23 heavy (non-hydrogen) atoms. The summed E-state index contributed by atoms with van der Waals surface area (Å²) in [6.07, 6.45) is 2.26. The van der Waals surface area contributed by atoms with Crippen LogP contribution in [0.25, 0.3) is 11.3 Å². The lowest BCUT2D eigenvalue weighted by Gasteiger charge is -2.32. The van der Waals surface area contributed by atoms with E-state index in [2.05, 4.69) is 34.2 Å². The van der Waals surface area contributed by atoms with Crippen LogP contribution in [-0.2, 0) is 22.5 Å². The molecule has 0 saturated heterocycles. The van der Waals surface area contributed by atoms with Crippen LogP contribution in [0.5, 0.6) is 0 Å². The second-order valence-electron chi connectivity index (χ2n) is 6.08. The number of esters is 1. The number of hydrogen-bond donors (Lipinski definition) is 1. The molecule has 1 N–H and O–H groups in total. The Hall–Kier alpha value is -2.14. The van der Waals surface area contributed by atoms with Crippen LogP contribution in [-0.4, -0.2) is 40.8 Å². The van der Waals surface area contributed by atoms with Crippen molar-refractivity contribution in [2.75, 3.05) is 13.7 Å². The molecular weight excluding hydrogens is 290 g/mol. The van der Waals surface area contributed by atoms with Gasteiger partial charge in [0.1, 0.15) is 0 Å². The summed E-state index contributed by atoms with van der Waals surface area (Å²) in [5, 5.41) is 7.72. The molecule has 0 amide bonds. The van der Waals surface area contributed by atoms with Crippen LogP contribution in [0, 0.1) is 0 Å². The molecular formula is C18H23N3O2. The quantitative estimate of drug-likeness (QED) is 0.862. The number of nitrogens with one attached hydrogen (secondary N) is 1. The van der Waals surface area contributed by atoms with Crippen molar-refractivity contribution in [1.29, 1.82) is 0 Å². The number of benzene rings is 1. The summed E-state index contributed by atoms with van der Waals surface area (Å²) in [5.41, 5.74) is 4.71. The van der Waals surface area contributed by atoms with Gasteiger partial charge < -0.3 is 4.74 Å². The van der Waals surface area contributed by atoms with Crippen LogP contribution in [0.2, 0.25) is 0 Å². The Labute approximate surface area is 136 Å². The molecule has 1 atom stereocenters. The Bertz CT molecular complexity index is 666. The Kier molecular flexibility index (Phi) is 4.76. The molecule has 2 aromatic rings. The zero-order chi connectivity index (χ0) is 16.2. The van der Waals surface area contributed by atoms with Gasteiger partial charge in [0.2, 0.25) is 0 Å². The lowest BCUT2D eigenvalue weighted by molar-refractivity contribution is -0.141. The summed E-state index contributed by atoms with van der Waals surface area (Å²) in [5.74, 6) is -0.136. The zero-order valence-corrected chi connectivity index (χ0v) is 13.7. The normalized spacial score (nSPS) is 15.9. The van der Waals surface area contributed by atoms with Gasteiger partial charge in [-0.15, -0.1) is 0 Å². The average Bonchev–Trinajstić information content (AvgIpc) is 3.03. The highest BCUT2D eigenvalue weighted by molar-refractivity contribution is 5.69. The summed E-state index contributed by atoms with van der Waals surface area (Å²) >= 11 is 0. The van der Waals surface area contributed by atoms with Gasteiger partial charge in [-0.3, -0.25) is 14.8 Å². The largest absolute Gasteiger partial charge is 0.469 e. The first-order chi connectivity index (χ1) is 11.2. The number of rotatable bonds is 5. The van der Waals surface area contributed by atoms with Crippen molar-refractivity contribution in [3.05, 3.63) is 41.6 Å². The van der Waals surface area contributed by atoms with Crippen molar-refractivity contribution >= 4 is 5.97 Å². The monoisotopic (exact) mass is 313 g/mol. The van der Waals surface area contributed by atoms with Crippen molar-refractivity contribution in [3.8, 4) is 11.3 Å². The first kappa shape index (κ1) is 15.7. The van der Waals surface area contributed by atoms with Crippen molar-refractivity contribution < 1.29 is 9.53 Å². The Balaban J connectivity index is 1.73. The molecule has 1 aromatic heterocycles. The van der Waals surface area contributed by atoms with Crippen LogP contribution >= 0.6 is 0 Å². The number of hydrogen-bond acceptors (Lipinski definition) is 4. The van der Waals surface area contributed by atoms with Crippen LogP contribution in [0.15, 0.2) is 30.3 Å². The van der Waals surface area contributed by atoms with E-state index in [0.717, 1.165) is 37.2 Å². The first-order valence-electron chi connectivity index (χ1n) is 8.11. The third kappa shape index (κ3) is 3.45. The van der Waals surface area contributed by atoms with Gasteiger partial charge in [-0.2, -0.15) is 5.10 Å². The molecule has 3 rings (SSSR count). The summed E-state index contributed by atoms with van der Waals surface area (Å²) in [6.45, 7) is 4.04. The highest BCUT2D eigenvalue weighted by atomic mass is 16.5. The second-order valence-corrected chi connectivity index (χ2v) is 6.08. The van der Waals surface area contributed by atoms with E-state index in [1.807, 2.05) is 18.2 Å². The predicted octanol–water partition coefficient (Wildman–Crippen LogP) is 2.78. The molecule has 0 radical (unpaired) electrons. The molecule has 0 bridgehead atoms. The number of aromatic nitrogens is 2. The third-order valence-corrected chi connectivity index (χ3v) is 4.63. The number of aromatic amines is 1. The fourth-order valence-corrected chi connectivity index (χ4v) is 3.14. The maximum Gasteiger partial charge on any atom is 0.305 e. The van der Waals surface area contributed by atoms with E-state index in [9.17, 15) is 4.79 Å². The lowest BCUT2D eigenvalue weighted by Crippen LogP contribution is -2.37. The lowest BCUT2D eigenvalue weighted by atomic mass is 9.99. The molecule has 1 aliphatic rings. The number of nitrogens with zero attached hydrogens (tertiary/aromatic N) is 2. The SMILES string of the molecule is COC(=O)CCC(C)N1CCc2[nH]nc(-c3ccccc3)c2C1. The minimum Gasteiger partial charge on any atom is -0.469 e. The number of methoxy groups -OCH3 is 1. The topological polar surface area (TPSA) is 58.2 Å². The summed E-state index contributed by atoms with van der Waals surface area (Å²) in [6, 6.07) is 10.6. The highest BCUT2D eigenvalue weighted by Gasteiger charge is 2.25. The van der Waals surface area contributed by atoms with E-state index in [-0.39, 0.29) is 5.97 Å². The van der Waals surface area contributed by atoms with Gasteiger partial charge in [-0.05, 0) is 13.3 Å². The maximum atomic E-state index is 11.3. The number of H-pyrrole nitrogens is 1. The number of fused-ring (bicyclic) bond motifs is 1. The molecule has 122 valence electrons. The van der Waals surface area contributed by atoms with Gasteiger partial charge in [0.25, 0.3) is 0 Å². The molecule has 5 heteroatoms. The van der Waals surface area contributed by atoms with E-state index in [0.29, 0.717) is 12.5 Å². The van der Waals surface area contributed by atoms with Gasteiger partial charge in [-0.25, -0.2) is 0 Å². The first-order valence-corrected chi connectivity index (χ1v) is 8.11. The molecule has 1 aromatic carbocycles. The van der Waals surface area contributed by atoms with Gasteiger partial charge in [-0.1, -0.05) is 30.3 Å². The van der Waals surface area contributed by atoms with Gasteiger partial charge in [0, 0.05) is 48.8 Å². The van der Waals surface area contributed by atoms with E-state index in [1.54, 1.807) is 0 Å². The van der Waals surface area contributed by atoms with Crippen molar-refractivity contribution in [2.24, 2.45) is 0 Å². The molecule has 0 fully saturated rings. The summed E-state index contributed by atoms with van der Waals surface area (Å²) < 4.78 is 4.74. The standard InChI is InChI=1S/C18H23N3O2/c1-13(8-9-17(22)23-2)21-11-10-16-15(12-21)18(20-19-16)14-6-4-3-5-7-14/h3-7,13H,8-12H2,1-2H3,(H,19,20). The maximum absolute atomic E-state index is 11.3. The van der Waals surface area contributed by atoms with E-state index >= 15 is 0 Å². The van der Waals surface area contributed by atoms with E-state index in [1.165, 1.54) is 18.4 Å². The van der Waals surface area contributed by atoms with Gasteiger partial charge >= 0.3 is 5.97 Å². The minimum absolute atomic E-state index is 0.136. The van der Waals surface area contributed by atoms with Crippen LogP contribution in [0.3, 0.4) is 0 Å². The molecule has 1 aliphatic heterocycles. The van der Waals surface area contributed by atoms with Crippen LogP contribution in [0.4, 0.5) is 0 Å². The molecule has 0 aliphatic carbocycles. The van der Waals surface area contributed by atoms with Crippen molar-refractivity contribution in [2.45, 2.75) is 38.8 Å². The second kappa shape index (κ2) is 6.96. The Morgan fingerprint density at radius 2 is 2.17 bits per heavy atom. The fourth-order valence-electron chi connectivity index (χ4n) is 3.14.